The SMILES string of the molecule is CN1CC2CCC(C1)N2C(=O)NCC(F)(F)F. The fourth-order valence-corrected chi connectivity index (χ4v) is 2.71. The Hall–Kier alpha value is -0.980. The molecule has 2 fully saturated rings. The number of likely N-dealkylation sites (tertiary alicyclic amines) is 1. The van der Waals surface area contributed by atoms with E-state index in [2.05, 4.69) is 4.90 Å². The molecule has 4 nitrogen and oxygen atoms in total. The average molecular weight is 251 g/mol. The lowest BCUT2D eigenvalue weighted by Gasteiger charge is -2.39. The first-order valence-corrected chi connectivity index (χ1v) is 5.68. The Labute approximate surface area is 97.7 Å². The zero-order valence-electron chi connectivity index (χ0n) is 9.63. The van der Waals surface area contributed by atoms with E-state index in [0.29, 0.717) is 0 Å². The second kappa shape index (κ2) is 4.36. The maximum atomic E-state index is 12.0. The molecule has 2 saturated heterocycles. The van der Waals surface area contributed by atoms with Gasteiger partial charge in [0.05, 0.1) is 0 Å². The number of piperazine rings is 1. The van der Waals surface area contributed by atoms with Crippen molar-refractivity contribution in [2.45, 2.75) is 31.1 Å². The number of carbonyl (C=O) groups is 1. The van der Waals surface area contributed by atoms with Gasteiger partial charge in [-0.25, -0.2) is 4.79 Å². The molecule has 0 aromatic carbocycles. The van der Waals surface area contributed by atoms with Crippen molar-refractivity contribution in [2.75, 3.05) is 26.7 Å². The van der Waals surface area contributed by atoms with Gasteiger partial charge in [0.15, 0.2) is 0 Å². The summed E-state index contributed by atoms with van der Waals surface area (Å²) in [6.07, 6.45) is -2.58. The van der Waals surface area contributed by atoms with Gasteiger partial charge < -0.3 is 15.1 Å². The molecule has 0 radical (unpaired) electrons. The number of alkyl halides is 3. The summed E-state index contributed by atoms with van der Waals surface area (Å²) in [6, 6.07) is -0.457. The van der Waals surface area contributed by atoms with Crippen molar-refractivity contribution < 1.29 is 18.0 Å². The van der Waals surface area contributed by atoms with E-state index in [1.165, 1.54) is 0 Å². The van der Waals surface area contributed by atoms with Gasteiger partial charge in [0.2, 0.25) is 0 Å². The molecule has 0 spiro atoms. The standard InChI is InChI=1S/C10H16F3N3O/c1-15-4-7-2-3-8(5-15)16(7)9(17)14-6-10(11,12)13/h7-8H,2-6H2,1H3,(H,14,17). The number of fused-ring (bicyclic) bond motifs is 2. The summed E-state index contributed by atoms with van der Waals surface area (Å²) in [5.74, 6) is 0. The summed E-state index contributed by atoms with van der Waals surface area (Å²) in [7, 11) is 1.97. The molecule has 2 atom stereocenters. The number of hydrogen-bond donors (Lipinski definition) is 1. The monoisotopic (exact) mass is 251 g/mol. The number of amides is 2. The third kappa shape index (κ3) is 2.83. The van der Waals surface area contributed by atoms with E-state index < -0.39 is 18.8 Å². The summed E-state index contributed by atoms with van der Waals surface area (Å²) < 4.78 is 36.0. The molecule has 0 aromatic rings. The van der Waals surface area contributed by atoms with E-state index in [9.17, 15) is 18.0 Å². The lowest BCUT2D eigenvalue weighted by atomic mass is 10.2. The van der Waals surface area contributed by atoms with Gasteiger partial charge in [0, 0.05) is 25.2 Å². The predicted octanol–water partition coefficient (Wildman–Crippen LogP) is 1.04. The van der Waals surface area contributed by atoms with Crippen LogP contribution in [-0.2, 0) is 0 Å². The predicted molar refractivity (Wildman–Crippen MR) is 55.6 cm³/mol. The minimum atomic E-state index is -4.35. The fourth-order valence-electron chi connectivity index (χ4n) is 2.71. The van der Waals surface area contributed by atoms with E-state index in [4.69, 9.17) is 0 Å². The number of nitrogens with zero attached hydrogens (tertiary/aromatic N) is 2. The van der Waals surface area contributed by atoms with Crippen LogP contribution in [0.15, 0.2) is 0 Å². The Morgan fingerprint density at radius 3 is 2.29 bits per heavy atom. The van der Waals surface area contributed by atoms with Crippen molar-refractivity contribution in [3.63, 3.8) is 0 Å². The molecule has 17 heavy (non-hydrogen) atoms. The van der Waals surface area contributed by atoms with Crippen LogP contribution in [0, 0.1) is 0 Å². The molecule has 2 heterocycles. The van der Waals surface area contributed by atoms with Crippen LogP contribution in [0.25, 0.3) is 0 Å². The zero-order valence-corrected chi connectivity index (χ0v) is 9.63. The molecule has 0 aliphatic carbocycles. The van der Waals surface area contributed by atoms with E-state index in [-0.39, 0.29) is 12.1 Å². The van der Waals surface area contributed by atoms with Crippen molar-refractivity contribution in [3.05, 3.63) is 0 Å². The molecule has 2 amide bonds. The molecule has 2 rings (SSSR count). The van der Waals surface area contributed by atoms with Crippen LogP contribution in [0.3, 0.4) is 0 Å². The van der Waals surface area contributed by atoms with Gasteiger partial charge in [-0.15, -0.1) is 0 Å². The first-order valence-electron chi connectivity index (χ1n) is 5.68. The highest BCUT2D eigenvalue weighted by Crippen LogP contribution is 2.29. The maximum Gasteiger partial charge on any atom is 0.405 e. The summed E-state index contributed by atoms with van der Waals surface area (Å²) in [4.78, 5) is 15.4. The van der Waals surface area contributed by atoms with E-state index >= 15 is 0 Å². The van der Waals surface area contributed by atoms with Gasteiger partial charge in [0.25, 0.3) is 0 Å². The first-order chi connectivity index (χ1) is 7.87. The second-order valence-electron chi connectivity index (χ2n) is 4.79. The molecule has 0 aromatic heterocycles. The molecule has 2 bridgehead atoms. The van der Waals surface area contributed by atoms with Crippen molar-refractivity contribution >= 4 is 6.03 Å². The van der Waals surface area contributed by atoms with Crippen molar-refractivity contribution in [1.29, 1.82) is 0 Å². The third-order valence-corrected chi connectivity index (χ3v) is 3.34. The summed E-state index contributed by atoms with van der Waals surface area (Å²) in [5.41, 5.74) is 0. The maximum absolute atomic E-state index is 12.0. The fraction of sp³-hybridized carbons (Fsp3) is 0.900. The Morgan fingerprint density at radius 1 is 1.29 bits per heavy atom. The van der Waals surface area contributed by atoms with E-state index in [1.807, 2.05) is 12.4 Å². The van der Waals surface area contributed by atoms with Crippen LogP contribution in [0.5, 0.6) is 0 Å². The van der Waals surface area contributed by atoms with E-state index in [1.54, 1.807) is 4.90 Å². The third-order valence-electron chi connectivity index (χ3n) is 3.34. The number of likely N-dealkylation sites (N-methyl/N-ethyl adjacent to an activating group) is 1. The van der Waals surface area contributed by atoms with Crippen LogP contribution >= 0.6 is 0 Å². The van der Waals surface area contributed by atoms with Gasteiger partial charge in [-0.3, -0.25) is 0 Å². The molecule has 0 saturated carbocycles. The molecule has 2 unspecified atom stereocenters. The largest absolute Gasteiger partial charge is 0.405 e. The van der Waals surface area contributed by atoms with Gasteiger partial charge in [-0.2, -0.15) is 13.2 Å². The quantitative estimate of drug-likeness (QED) is 0.755. The lowest BCUT2D eigenvalue weighted by molar-refractivity contribution is -0.123. The van der Waals surface area contributed by atoms with Crippen molar-refractivity contribution in [3.8, 4) is 0 Å². The average Bonchev–Trinajstić information content (AvgIpc) is 2.47. The summed E-state index contributed by atoms with van der Waals surface area (Å²) in [5, 5.41) is 1.95. The van der Waals surface area contributed by atoms with Gasteiger partial charge in [0.1, 0.15) is 6.54 Å². The van der Waals surface area contributed by atoms with Gasteiger partial charge >= 0.3 is 12.2 Å². The van der Waals surface area contributed by atoms with E-state index in [0.717, 1.165) is 25.9 Å². The number of hydrogen-bond acceptors (Lipinski definition) is 2. The highest BCUT2D eigenvalue weighted by molar-refractivity contribution is 5.75. The summed E-state index contributed by atoms with van der Waals surface area (Å²) >= 11 is 0. The van der Waals surface area contributed by atoms with Crippen molar-refractivity contribution in [1.82, 2.24) is 15.1 Å². The Kier molecular flexibility index (Phi) is 3.20. The highest BCUT2D eigenvalue weighted by Gasteiger charge is 2.42. The number of rotatable bonds is 1. The number of nitrogens with one attached hydrogen (secondary N) is 1. The zero-order chi connectivity index (χ0) is 12.6. The highest BCUT2D eigenvalue weighted by atomic mass is 19.4. The topological polar surface area (TPSA) is 35.6 Å². The number of urea groups is 1. The van der Waals surface area contributed by atoms with Crippen LogP contribution in [-0.4, -0.2) is 60.8 Å². The molecule has 7 heteroatoms. The Balaban J connectivity index is 1.92. The molecule has 98 valence electrons. The van der Waals surface area contributed by atoms with Crippen molar-refractivity contribution in [2.24, 2.45) is 0 Å². The number of carbonyl (C=O) groups excluding carboxylic acids is 1. The smallest absolute Gasteiger partial charge is 0.329 e. The van der Waals surface area contributed by atoms with Gasteiger partial charge in [-0.05, 0) is 19.9 Å². The summed E-state index contributed by atoms with van der Waals surface area (Å²) in [6.45, 7) is 0.240. The Morgan fingerprint density at radius 2 is 1.82 bits per heavy atom. The molecule has 2 aliphatic heterocycles. The lowest BCUT2D eigenvalue weighted by Crippen LogP contribution is -2.57. The minimum Gasteiger partial charge on any atom is -0.329 e. The van der Waals surface area contributed by atoms with Crippen LogP contribution in [0.1, 0.15) is 12.8 Å². The Bertz CT molecular complexity index is 294. The minimum absolute atomic E-state index is 0.0620. The van der Waals surface area contributed by atoms with Crippen LogP contribution in [0.2, 0.25) is 0 Å². The molecule has 1 N–H and O–H groups in total. The molecular formula is C10H16F3N3O. The normalized spacial score (nSPS) is 29.5. The first kappa shape index (κ1) is 12.5. The molecule has 2 aliphatic rings. The number of halogens is 3. The molecular weight excluding hydrogens is 235 g/mol. The van der Waals surface area contributed by atoms with Crippen LogP contribution < -0.4 is 5.32 Å². The van der Waals surface area contributed by atoms with Crippen LogP contribution in [0.4, 0.5) is 18.0 Å². The van der Waals surface area contributed by atoms with Gasteiger partial charge in [-0.1, -0.05) is 0 Å². The second-order valence-corrected chi connectivity index (χ2v) is 4.79.